The Hall–Kier alpha value is -3.62. The number of ether oxygens (including phenoxy) is 1. The number of anilines is 1. The Balaban J connectivity index is 1.18. The molecule has 0 unspecified atom stereocenters. The first-order valence-corrected chi connectivity index (χ1v) is 11.2. The maximum Gasteiger partial charge on any atom is 0.388 e. The van der Waals surface area contributed by atoms with Gasteiger partial charge in [0.1, 0.15) is 0 Å². The number of fused-ring (bicyclic) bond motifs is 1. The number of carbonyl (C=O) groups is 1. The van der Waals surface area contributed by atoms with Crippen LogP contribution in [-0.2, 0) is 17.9 Å². The molecule has 0 aliphatic carbocycles. The normalized spacial score (nSPS) is 15.4. The molecular formula is C25H25F2N5O2. The zero-order valence-corrected chi connectivity index (χ0v) is 19.0. The molecule has 2 aliphatic rings. The summed E-state index contributed by atoms with van der Waals surface area (Å²) in [6, 6.07) is 9.04. The minimum absolute atomic E-state index is 0.146. The number of amides is 1. The van der Waals surface area contributed by atoms with E-state index in [1.165, 1.54) is 23.4 Å². The van der Waals surface area contributed by atoms with Crippen molar-refractivity contribution >= 4 is 11.6 Å². The second kappa shape index (κ2) is 8.96. The van der Waals surface area contributed by atoms with Gasteiger partial charge in [-0.3, -0.25) is 14.8 Å². The highest BCUT2D eigenvalue weighted by atomic mass is 19.3. The molecule has 2 aliphatic heterocycles. The van der Waals surface area contributed by atoms with Crippen molar-refractivity contribution < 1.29 is 18.3 Å². The van der Waals surface area contributed by atoms with Crippen LogP contribution in [0.5, 0.6) is 5.88 Å². The standard InChI is InChI=1S/C25H25F2N5O2/c1-15-7-16(2)30-22-14-32(13-20(15)22)24(33)8-17-11-31(12-17)19-4-6-28-21(10-19)18-3-5-29-23(9-18)34-25(26)27/h3-7,9-10,17,25H,8,11-14H2,1-2H3. The van der Waals surface area contributed by atoms with E-state index in [1.807, 2.05) is 24.0 Å². The fraction of sp³-hybridized carbons (Fsp3) is 0.360. The van der Waals surface area contributed by atoms with E-state index in [0.29, 0.717) is 30.8 Å². The van der Waals surface area contributed by atoms with Crippen LogP contribution in [0.25, 0.3) is 11.3 Å². The molecule has 0 saturated carbocycles. The van der Waals surface area contributed by atoms with Crippen molar-refractivity contribution in [1.29, 1.82) is 0 Å². The summed E-state index contributed by atoms with van der Waals surface area (Å²) in [6.45, 7) is 3.92. The number of aryl methyl sites for hydroxylation is 2. The molecule has 0 spiro atoms. The van der Waals surface area contributed by atoms with E-state index in [-0.39, 0.29) is 17.7 Å². The van der Waals surface area contributed by atoms with Gasteiger partial charge in [-0.1, -0.05) is 0 Å². The van der Waals surface area contributed by atoms with E-state index in [9.17, 15) is 13.6 Å². The minimum atomic E-state index is -2.93. The summed E-state index contributed by atoms with van der Waals surface area (Å²) in [7, 11) is 0. The first-order valence-electron chi connectivity index (χ1n) is 11.2. The van der Waals surface area contributed by atoms with Gasteiger partial charge in [0.05, 0.1) is 17.9 Å². The van der Waals surface area contributed by atoms with Crippen LogP contribution in [0, 0.1) is 19.8 Å². The van der Waals surface area contributed by atoms with Crippen LogP contribution in [0.15, 0.2) is 42.7 Å². The van der Waals surface area contributed by atoms with Crippen molar-refractivity contribution in [2.24, 2.45) is 5.92 Å². The zero-order chi connectivity index (χ0) is 23.8. The van der Waals surface area contributed by atoms with Crippen LogP contribution in [0.3, 0.4) is 0 Å². The lowest BCUT2D eigenvalue weighted by molar-refractivity contribution is -0.133. The van der Waals surface area contributed by atoms with Gasteiger partial charge < -0.3 is 14.5 Å². The number of pyridine rings is 3. The van der Waals surface area contributed by atoms with Crippen LogP contribution in [0.4, 0.5) is 14.5 Å². The Morgan fingerprint density at radius 1 is 1.12 bits per heavy atom. The molecule has 9 heteroatoms. The molecule has 1 fully saturated rings. The van der Waals surface area contributed by atoms with E-state index >= 15 is 0 Å². The van der Waals surface area contributed by atoms with Gasteiger partial charge in [-0.05, 0) is 49.2 Å². The second-order valence-electron chi connectivity index (χ2n) is 8.89. The number of hydrogen-bond donors (Lipinski definition) is 0. The summed E-state index contributed by atoms with van der Waals surface area (Å²) >= 11 is 0. The predicted molar refractivity (Wildman–Crippen MR) is 122 cm³/mol. The number of carbonyl (C=O) groups excluding carboxylic acids is 1. The Kier molecular flexibility index (Phi) is 5.85. The minimum Gasteiger partial charge on any atom is -0.417 e. The first kappa shape index (κ1) is 22.2. The first-order chi connectivity index (χ1) is 16.4. The van der Waals surface area contributed by atoms with Gasteiger partial charge >= 0.3 is 6.61 Å². The number of aromatic nitrogens is 3. The van der Waals surface area contributed by atoms with E-state index in [4.69, 9.17) is 0 Å². The van der Waals surface area contributed by atoms with Crippen LogP contribution in [0.1, 0.15) is 28.9 Å². The fourth-order valence-corrected chi connectivity index (χ4v) is 4.68. The molecule has 7 nitrogen and oxygen atoms in total. The molecule has 3 aromatic heterocycles. The quantitative estimate of drug-likeness (QED) is 0.545. The number of halogens is 2. The number of nitrogens with zero attached hydrogens (tertiary/aromatic N) is 5. The molecule has 176 valence electrons. The van der Waals surface area contributed by atoms with Crippen molar-refractivity contribution in [3.63, 3.8) is 0 Å². The average Bonchev–Trinajstić information content (AvgIpc) is 3.20. The largest absolute Gasteiger partial charge is 0.417 e. The maximum absolute atomic E-state index is 12.9. The third-order valence-corrected chi connectivity index (χ3v) is 6.37. The Morgan fingerprint density at radius 2 is 1.91 bits per heavy atom. The molecule has 0 bridgehead atoms. The fourth-order valence-electron chi connectivity index (χ4n) is 4.68. The summed E-state index contributed by atoms with van der Waals surface area (Å²) in [5.41, 5.74) is 6.65. The molecular weight excluding hydrogens is 440 g/mol. The molecule has 0 aromatic carbocycles. The second-order valence-corrected chi connectivity index (χ2v) is 8.89. The molecule has 0 radical (unpaired) electrons. The summed E-state index contributed by atoms with van der Waals surface area (Å²) in [5.74, 6) is 0.306. The van der Waals surface area contributed by atoms with Crippen LogP contribution in [0.2, 0.25) is 0 Å². The highest BCUT2D eigenvalue weighted by Gasteiger charge is 2.33. The lowest BCUT2D eigenvalue weighted by Crippen LogP contribution is -2.48. The summed E-state index contributed by atoms with van der Waals surface area (Å²) in [6.07, 6.45) is 3.62. The molecule has 0 atom stereocenters. The Bertz CT molecular complexity index is 1230. The van der Waals surface area contributed by atoms with Gasteiger partial charge in [0.25, 0.3) is 0 Å². The smallest absolute Gasteiger partial charge is 0.388 e. The van der Waals surface area contributed by atoms with E-state index in [1.54, 1.807) is 12.3 Å². The number of hydrogen-bond acceptors (Lipinski definition) is 6. The van der Waals surface area contributed by atoms with Crippen LogP contribution < -0.4 is 9.64 Å². The lowest BCUT2D eigenvalue weighted by Gasteiger charge is -2.41. The summed E-state index contributed by atoms with van der Waals surface area (Å²) in [4.78, 5) is 29.8. The molecule has 34 heavy (non-hydrogen) atoms. The van der Waals surface area contributed by atoms with Crippen LogP contribution in [-0.4, -0.2) is 45.5 Å². The highest BCUT2D eigenvalue weighted by molar-refractivity contribution is 5.78. The SMILES string of the molecule is Cc1cc(C)c2c(n1)CN(C(=O)CC1CN(c3ccnc(-c4ccnc(OC(F)F)c4)c3)C1)C2. The van der Waals surface area contributed by atoms with Crippen molar-refractivity contribution in [3.05, 3.63) is 65.2 Å². The third kappa shape index (κ3) is 4.55. The van der Waals surface area contributed by atoms with Crippen molar-refractivity contribution in [2.45, 2.75) is 40.0 Å². The monoisotopic (exact) mass is 465 g/mol. The molecule has 5 heterocycles. The topological polar surface area (TPSA) is 71.5 Å². The van der Waals surface area contributed by atoms with E-state index in [0.717, 1.165) is 30.2 Å². The Labute approximate surface area is 196 Å². The average molecular weight is 466 g/mol. The van der Waals surface area contributed by atoms with Gasteiger partial charge in [-0.15, -0.1) is 0 Å². The van der Waals surface area contributed by atoms with Crippen LogP contribution >= 0.6 is 0 Å². The molecule has 1 saturated heterocycles. The zero-order valence-electron chi connectivity index (χ0n) is 19.0. The van der Waals surface area contributed by atoms with Gasteiger partial charge in [0.2, 0.25) is 11.8 Å². The third-order valence-electron chi connectivity index (χ3n) is 6.37. The van der Waals surface area contributed by atoms with Crippen molar-refractivity contribution in [1.82, 2.24) is 19.9 Å². The molecule has 1 amide bonds. The van der Waals surface area contributed by atoms with Crippen molar-refractivity contribution in [3.8, 4) is 17.1 Å². The lowest BCUT2D eigenvalue weighted by atomic mass is 9.94. The molecule has 5 rings (SSSR count). The maximum atomic E-state index is 12.9. The van der Waals surface area contributed by atoms with E-state index in [2.05, 4.69) is 37.6 Å². The summed E-state index contributed by atoms with van der Waals surface area (Å²) in [5, 5.41) is 0. The van der Waals surface area contributed by atoms with Gasteiger partial charge in [-0.25, -0.2) is 4.98 Å². The number of alkyl halides is 2. The number of rotatable bonds is 6. The van der Waals surface area contributed by atoms with Gasteiger partial charge in [0.15, 0.2) is 0 Å². The van der Waals surface area contributed by atoms with Gasteiger partial charge in [-0.2, -0.15) is 8.78 Å². The van der Waals surface area contributed by atoms with E-state index < -0.39 is 6.61 Å². The van der Waals surface area contributed by atoms with Crippen molar-refractivity contribution in [2.75, 3.05) is 18.0 Å². The van der Waals surface area contributed by atoms with Gasteiger partial charge in [0, 0.05) is 67.4 Å². The molecule has 3 aromatic rings. The summed E-state index contributed by atoms with van der Waals surface area (Å²) < 4.78 is 29.4. The molecule has 0 N–H and O–H groups in total. The highest BCUT2D eigenvalue weighted by Crippen LogP contribution is 2.32. The predicted octanol–water partition coefficient (Wildman–Crippen LogP) is 4.13. The Morgan fingerprint density at radius 3 is 2.71 bits per heavy atom.